The fourth-order valence-corrected chi connectivity index (χ4v) is 1.07. The molecule has 0 aliphatic heterocycles. The van der Waals surface area contributed by atoms with E-state index < -0.39 is 29.0 Å². The van der Waals surface area contributed by atoms with Gasteiger partial charge in [0.15, 0.2) is 0 Å². The summed E-state index contributed by atoms with van der Waals surface area (Å²) in [5, 5.41) is 27.1. The van der Waals surface area contributed by atoms with Crippen molar-refractivity contribution in [2.24, 2.45) is 0 Å². The van der Waals surface area contributed by atoms with Crippen LogP contribution in [0.15, 0.2) is 12.1 Å². The molecule has 0 saturated heterocycles. The van der Waals surface area contributed by atoms with E-state index in [1.54, 1.807) is 0 Å². The monoisotopic (exact) mass is 253 g/mol. The van der Waals surface area contributed by atoms with E-state index in [2.05, 4.69) is 20.2 Å². The molecule has 0 amide bonds. The molecule has 0 aromatic heterocycles. The summed E-state index contributed by atoms with van der Waals surface area (Å²) in [6, 6.07) is 1.55. The zero-order valence-electron chi connectivity index (χ0n) is 7.07. The zero-order valence-corrected chi connectivity index (χ0v) is 8.18. The van der Waals surface area contributed by atoms with Gasteiger partial charge in [0.05, 0.1) is 0 Å². The second-order valence-electron chi connectivity index (χ2n) is 2.55. The number of carboxylic acids is 1. The number of hydrogen-bond donors (Lipinski definition) is 3. The topological polar surface area (TPSA) is 104 Å². The van der Waals surface area contributed by atoms with Gasteiger partial charge in [0.1, 0.15) is 0 Å². The van der Waals surface area contributed by atoms with Crippen LogP contribution in [-0.4, -0.2) is 27.3 Å². The number of phenolic OH excluding ortho intramolecular Hbond substituents is 1. The van der Waals surface area contributed by atoms with E-state index in [4.69, 9.17) is 5.11 Å². The summed E-state index contributed by atoms with van der Waals surface area (Å²) >= 11 is 2.83. The Morgan fingerprint density at radius 2 is 1.60 bits per heavy atom. The third-order valence-corrected chi connectivity index (χ3v) is 1.83. The Morgan fingerprint density at radius 3 is 2.07 bits per heavy atom. The number of rotatable bonds is 2. The Morgan fingerprint density at radius 1 is 1.13 bits per heavy atom. The molecular formula is C8H5FeO6. The number of carbonyl (C=O) groups is 2. The van der Waals surface area contributed by atoms with E-state index in [0.29, 0.717) is 0 Å². The molecule has 0 aliphatic carbocycles. The summed E-state index contributed by atoms with van der Waals surface area (Å²) in [5.41, 5.74) is -0.861. The van der Waals surface area contributed by atoms with Crippen molar-refractivity contribution < 1.29 is 45.1 Å². The van der Waals surface area contributed by atoms with Crippen molar-refractivity contribution in [2.45, 2.75) is 0 Å². The number of carbonyl (C=O) groups excluding carboxylic acids is 1. The van der Waals surface area contributed by atoms with Crippen LogP contribution in [0.3, 0.4) is 0 Å². The molecule has 7 heteroatoms. The number of carboxylic acid groups (broad SMARTS) is 1. The van der Waals surface area contributed by atoms with E-state index in [-0.39, 0.29) is 5.56 Å². The van der Waals surface area contributed by atoms with Gasteiger partial charge in [-0.2, -0.15) is 0 Å². The predicted molar refractivity (Wildman–Crippen MR) is 42.1 cm³/mol. The van der Waals surface area contributed by atoms with Crippen molar-refractivity contribution >= 4 is 11.9 Å². The molecule has 0 radical (unpaired) electrons. The van der Waals surface area contributed by atoms with Crippen LogP contribution in [0.5, 0.6) is 11.5 Å². The molecule has 0 heterocycles. The maximum absolute atomic E-state index is 11.0. The Balaban J connectivity index is 3.31. The first-order chi connectivity index (χ1) is 6.97. The summed E-state index contributed by atoms with van der Waals surface area (Å²) in [5.74, 6) is -3.63. The van der Waals surface area contributed by atoms with Crippen molar-refractivity contribution in [3.05, 3.63) is 23.3 Å². The Hall–Kier alpha value is -1.72. The zero-order chi connectivity index (χ0) is 11.6. The van der Waals surface area contributed by atoms with Crippen LogP contribution < -0.4 is 0 Å². The first-order valence-corrected chi connectivity index (χ1v) is 4.03. The molecule has 81 valence electrons. The second-order valence-corrected chi connectivity index (χ2v) is 2.78. The van der Waals surface area contributed by atoms with Crippen molar-refractivity contribution in [2.75, 3.05) is 0 Å². The van der Waals surface area contributed by atoms with Gasteiger partial charge in [0.2, 0.25) is 0 Å². The van der Waals surface area contributed by atoms with Crippen LogP contribution in [-0.2, 0) is 20.2 Å². The average molecular weight is 253 g/mol. The first kappa shape index (κ1) is 11.4. The maximum atomic E-state index is 11.0. The van der Waals surface area contributed by atoms with E-state index >= 15 is 0 Å². The van der Waals surface area contributed by atoms with E-state index in [1.807, 2.05) is 0 Å². The van der Waals surface area contributed by atoms with Gasteiger partial charge in [-0.25, -0.2) is 0 Å². The Labute approximate surface area is 92.2 Å². The fourth-order valence-electron chi connectivity index (χ4n) is 0.950. The van der Waals surface area contributed by atoms with Gasteiger partial charge in [-0.15, -0.1) is 0 Å². The van der Waals surface area contributed by atoms with Gasteiger partial charge in [0.25, 0.3) is 0 Å². The van der Waals surface area contributed by atoms with Crippen LogP contribution in [0.1, 0.15) is 20.7 Å². The SMILES string of the molecule is O=C(O)c1cc(O)c(C(=O)[O][Fe])cc1O. The van der Waals surface area contributed by atoms with Gasteiger partial charge >= 0.3 is 91.8 Å². The minimum absolute atomic E-state index is 0.354. The van der Waals surface area contributed by atoms with Crippen molar-refractivity contribution in [1.29, 1.82) is 0 Å². The minimum atomic E-state index is -1.42. The molecule has 1 aromatic rings. The quantitative estimate of drug-likeness (QED) is 0.521. The first-order valence-electron chi connectivity index (χ1n) is 3.58. The van der Waals surface area contributed by atoms with E-state index in [9.17, 15) is 19.8 Å². The Kier molecular flexibility index (Phi) is 3.18. The predicted octanol–water partition coefficient (Wildman–Crippen LogP) is 0.415. The summed E-state index contributed by atoms with van der Waals surface area (Å²) in [6.45, 7) is 0. The molecule has 3 N–H and O–H groups in total. The van der Waals surface area contributed by atoms with Gasteiger partial charge in [-0.1, -0.05) is 0 Å². The molecule has 0 bridgehead atoms. The molecule has 0 spiro atoms. The summed E-state index contributed by atoms with van der Waals surface area (Å²) < 4.78 is 4.06. The molecular weight excluding hydrogens is 248 g/mol. The van der Waals surface area contributed by atoms with Gasteiger partial charge in [-0.05, 0) is 0 Å². The van der Waals surface area contributed by atoms with Crippen LogP contribution in [0.25, 0.3) is 0 Å². The fraction of sp³-hybridized carbons (Fsp3) is 0. The van der Waals surface area contributed by atoms with Crippen LogP contribution in [0.2, 0.25) is 0 Å². The van der Waals surface area contributed by atoms with Crippen LogP contribution in [0, 0.1) is 0 Å². The number of benzene rings is 1. The average Bonchev–Trinajstić information content (AvgIpc) is 2.19. The molecule has 0 fully saturated rings. The third-order valence-electron chi connectivity index (χ3n) is 1.63. The van der Waals surface area contributed by atoms with Gasteiger partial charge in [0, 0.05) is 0 Å². The molecule has 6 nitrogen and oxygen atoms in total. The normalized spacial score (nSPS) is 9.67. The second kappa shape index (κ2) is 4.20. The van der Waals surface area contributed by atoms with Crippen LogP contribution in [0.4, 0.5) is 0 Å². The number of aromatic hydroxyl groups is 2. The molecule has 1 aromatic carbocycles. The Bertz CT molecular complexity index is 427. The standard InChI is InChI=1S/C8H6O6.Fe/c9-5-1-3(7(11)12)6(10)2-4(5)8(13)14;/h1-2,9-10H,(H,11,12)(H,13,14);/q;+1/p-1. The molecule has 0 unspecified atom stereocenters. The number of phenols is 2. The van der Waals surface area contributed by atoms with Crippen molar-refractivity contribution in [3.63, 3.8) is 0 Å². The van der Waals surface area contributed by atoms with E-state index in [0.717, 1.165) is 12.1 Å². The molecule has 0 aliphatic rings. The molecule has 1 rings (SSSR count). The third kappa shape index (κ3) is 2.20. The van der Waals surface area contributed by atoms with Gasteiger partial charge in [-0.3, -0.25) is 0 Å². The summed E-state index contributed by atoms with van der Waals surface area (Å²) in [4.78, 5) is 21.5. The molecule has 0 atom stereocenters. The summed E-state index contributed by atoms with van der Waals surface area (Å²) in [7, 11) is 0. The van der Waals surface area contributed by atoms with Gasteiger partial charge < -0.3 is 0 Å². The molecule has 15 heavy (non-hydrogen) atoms. The number of hydrogen-bond acceptors (Lipinski definition) is 5. The van der Waals surface area contributed by atoms with Crippen molar-refractivity contribution in [1.82, 2.24) is 0 Å². The summed E-state index contributed by atoms with van der Waals surface area (Å²) in [6.07, 6.45) is 0. The van der Waals surface area contributed by atoms with Crippen molar-refractivity contribution in [3.8, 4) is 11.5 Å². The molecule has 0 saturated carbocycles. The number of aromatic carboxylic acids is 1. The van der Waals surface area contributed by atoms with E-state index in [1.165, 1.54) is 0 Å². The van der Waals surface area contributed by atoms with Crippen LogP contribution >= 0.6 is 0 Å².